The number of amides is 1. The molecule has 5 heteroatoms. The third-order valence-electron chi connectivity index (χ3n) is 2.21. The van der Waals surface area contributed by atoms with Crippen LogP contribution in [0.2, 0.25) is 0 Å². The highest BCUT2D eigenvalue weighted by molar-refractivity contribution is 8.00. The van der Waals surface area contributed by atoms with Crippen molar-refractivity contribution >= 4 is 23.4 Å². The standard InChI is InChI=1S/C11H17N3OS/c1-7-5-9(3-4-10(7)12)16-8(2)6-11(15)14-13/h3-5,8H,6,12-13H2,1-2H3,(H,14,15). The van der Waals surface area contributed by atoms with E-state index in [4.69, 9.17) is 11.6 Å². The quantitative estimate of drug-likeness (QED) is 0.244. The van der Waals surface area contributed by atoms with Crippen molar-refractivity contribution in [1.82, 2.24) is 5.43 Å². The van der Waals surface area contributed by atoms with E-state index in [1.54, 1.807) is 11.8 Å². The lowest BCUT2D eigenvalue weighted by molar-refractivity contribution is -0.121. The van der Waals surface area contributed by atoms with Crippen LogP contribution in [-0.4, -0.2) is 11.2 Å². The zero-order valence-electron chi connectivity index (χ0n) is 9.49. The summed E-state index contributed by atoms with van der Waals surface area (Å²) in [7, 11) is 0. The van der Waals surface area contributed by atoms with Crippen molar-refractivity contribution in [3.05, 3.63) is 23.8 Å². The third-order valence-corrected chi connectivity index (χ3v) is 3.31. The summed E-state index contributed by atoms with van der Waals surface area (Å²) in [6.45, 7) is 3.96. The van der Waals surface area contributed by atoms with Crippen LogP contribution in [0.5, 0.6) is 0 Å². The van der Waals surface area contributed by atoms with Gasteiger partial charge in [0.1, 0.15) is 0 Å². The van der Waals surface area contributed by atoms with E-state index in [9.17, 15) is 4.79 Å². The van der Waals surface area contributed by atoms with E-state index in [0.717, 1.165) is 16.1 Å². The van der Waals surface area contributed by atoms with Gasteiger partial charge in [0.2, 0.25) is 5.91 Å². The summed E-state index contributed by atoms with van der Waals surface area (Å²) in [5.41, 5.74) is 9.71. The fourth-order valence-corrected chi connectivity index (χ4v) is 2.41. The molecule has 0 aliphatic carbocycles. The number of aryl methyl sites for hydroxylation is 1. The van der Waals surface area contributed by atoms with Gasteiger partial charge in [-0.2, -0.15) is 0 Å². The molecule has 5 N–H and O–H groups in total. The Morgan fingerprint density at radius 1 is 1.56 bits per heavy atom. The number of nitrogens with two attached hydrogens (primary N) is 2. The van der Waals surface area contributed by atoms with Gasteiger partial charge in [-0.25, -0.2) is 5.84 Å². The van der Waals surface area contributed by atoms with Gasteiger partial charge in [-0.15, -0.1) is 11.8 Å². The number of nitrogens with one attached hydrogen (secondary N) is 1. The summed E-state index contributed by atoms with van der Waals surface area (Å²) in [6.07, 6.45) is 0.407. The Bertz CT molecular complexity index is 381. The lowest BCUT2D eigenvalue weighted by atomic mass is 10.2. The Kier molecular flexibility index (Phi) is 4.64. The second-order valence-electron chi connectivity index (χ2n) is 3.72. The number of nitrogen functional groups attached to an aromatic ring is 1. The van der Waals surface area contributed by atoms with Crippen molar-refractivity contribution in [3.8, 4) is 0 Å². The molecule has 0 saturated heterocycles. The minimum Gasteiger partial charge on any atom is -0.399 e. The Morgan fingerprint density at radius 3 is 2.81 bits per heavy atom. The van der Waals surface area contributed by atoms with Crippen LogP contribution < -0.4 is 17.0 Å². The summed E-state index contributed by atoms with van der Waals surface area (Å²) in [6, 6.07) is 5.87. The molecule has 88 valence electrons. The summed E-state index contributed by atoms with van der Waals surface area (Å²) in [5.74, 6) is 4.89. The van der Waals surface area contributed by atoms with E-state index in [1.807, 2.05) is 32.0 Å². The molecule has 4 nitrogen and oxygen atoms in total. The van der Waals surface area contributed by atoms with E-state index >= 15 is 0 Å². The maximum Gasteiger partial charge on any atom is 0.234 e. The Morgan fingerprint density at radius 2 is 2.25 bits per heavy atom. The van der Waals surface area contributed by atoms with Gasteiger partial charge >= 0.3 is 0 Å². The van der Waals surface area contributed by atoms with Gasteiger partial charge in [-0.1, -0.05) is 6.92 Å². The number of hydrazine groups is 1. The Balaban J connectivity index is 2.59. The third kappa shape index (κ3) is 3.75. The molecule has 0 heterocycles. The predicted octanol–water partition coefficient (Wildman–Crippen LogP) is 1.44. The largest absolute Gasteiger partial charge is 0.399 e. The summed E-state index contributed by atoms with van der Waals surface area (Å²) in [5, 5.41) is 0.187. The molecule has 0 saturated carbocycles. The second kappa shape index (κ2) is 5.77. The molecular weight excluding hydrogens is 222 g/mol. The lowest BCUT2D eigenvalue weighted by Crippen LogP contribution is -2.31. The molecule has 1 rings (SSSR count). The first-order valence-corrected chi connectivity index (χ1v) is 5.93. The minimum atomic E-state index is -0.146. The smallest absolute Gasteiger partial charge is 0.234 e. The van der Waals surface area contributed by atoms with Crippen molar-refractivity contribution in [2.45, 2.75) is 30.4 Å². The molecule has 0 radical (unpaired) electrons. The maximum absolute atomic E-state index is 11.1. The average molecular weight is 239 g/mol. The fourth-order valence-electron chi connectivity index (χ4n) is 1.32. The zero-order valence-corrected chi connectivity index (χ0v) is 10.3. The van der Waals surface area contributed by atoms with Gasteiger partial charge in [0, 0.05) is 22.3 Å². The molecular formula is C11H17N3OS. The molecule has 1 unspecified atom stereocenters. The van der Waals surface area contributed by atoms with Crippen LogP contribution in [0, 0.1) is 6.92 Å². The van der Waals surface area contributed by atoms with Gasteiger partial charge < -0.3 is 5.73 Å². The van der Waals surface area contributed by atoms with Crippen LogP contribution in [0.4, 0.5) is 5.69 Å². The first-order chi connectivity index (χ1) is 7.52. The van der Waals surface area contributed by atoms with Gasteiger partial charge in [0.05, 0.1) is 0 Å². The highest BCUT2D eigenvalue weighted by atomic mass is 32.2. The molecule has 1 amide bonds. The van der Waals surface area contributed by atoms with Crippen molar-refractivity contribution < 1.29 is 4.79 Å². The molecule has 0 fully saturated rings. The van der Waals surface area contributed by atoms with Gasteiger partial charge in [-0.05, 0) is 30.7 Å². The van der Waals surface area contributed by atoms with Crippen molar-refractivity contribution in [1.29, 1.82) is 0 Å². The van der Waals surface area contributed by atoms with Crippen molar-refractivity contribution in [2.24, 2.45) is 5.84 Å². The van der Waals surface area contributed by atoms with E-state index in [2.05, 4.69) is 5.43 Å². The molecule has 1 aromatic carbocycles. The van der Waals surface area contributed by atoms with E-state index in [1.165, 1.54) is 0 Å². The molecule has 0 bridgehead atoms. The van der Waals surface area contributed by atoms with Crippen LogP contribution in [0.1, 0.15) is 18.9 Å². The van der Waals surface area contributed by atoms with E-state index in [0.29, 0.717) is 6.42 Å². The topological polar surface area (TPSA) is 81.1 Å². The number of benzene rings is 1. The highest BCUT2D eigenvalue weighted by Gasteiger charge is 2.09. The SMILES string of the molecule is Cc1cc(SC(C)CC(=O)NN)ccc1N. The van der Waals surface area contributed by atoms with Crippen LogP contribution in [0.3, 0.4) is 0 Å². The van der Waals surface area contributed by atoms with Gasteiger partial charge in [0.15, 0.2) is 0 Å². The van der Waals surface area contributed by atoms with Crippen LogP contribution >= 0.6 is 11.8 Å². The lowest BCUT2D eigenvalue weighted by Gasteiger charge is -2.11. The molecule has 0 spiro atoms. The number of carbonyl (C=O) groups excluding carboxylic acids is 1. The highest BCUT2D eigenvalue weighted by Crippen LogP contribution is 2.27. The summed E-state index contributed by atoms with van der Waals surface area (Å²) in [4.78, 5) is 12.2. The monoisotopic (exact) mass is 239 g/mol. The molecule has 0 aliphatic heterocycles. The Labute approximate surface area is 99.7 Å². The Hall–Kier alpha value is -1.20. The van der Waals surface area contributed by atoms with Crippen molar-refractivity contribution in [2.75, 3.05) is 5.73 Å². The predicted molar refractivity (Wildman–Crippen MR) is 67.9 cm³/mol. The van der Waals surface area contributed by atoms with E-state index in [-0.39, 0.29) is 11.2 Å². The first kappa shape index (κ1) is 12.9. The van der Waals surface area contributed by atoms with Gasteiger partial charge in [-0.3, -0.25) is 10.2 Å². The zero-order chi connectivity index (χ0) is 12.1. The van der Waals surface area contributed by atoms with Crippen LogP contribution in [0.25, 0.3) is 0 Å². The summed E-state index contributed by atoms with van der Waals surface area (Å²) < 4.78 is 0. The van der Waals surface area contributed by atoms with E-state index < -0.39 is 0 Å². The number of rotatable bonds is 4. The number of anilines is 1. The van der Waals surface area contributed by atoms with Gasteiger partial charge in [0.25, 0.3) is 0 Å². The molecule has 1 aromatic rings. The minimum absolute atomic E-state index is 0.146. The number of carbonyl (C=O) groups is 1. The normalized spacial score (nSPS) is 12.2. The maximum atomic E-state index is 11.1. The first-order valence-electron chi connectivity index (χ1n) is 5.05. The number of hydrogen-bond donors (Lipinski definition) is 3. The summed E-state index contributed by atoms with van der Waals surface area (Å²) >= 11 is 1.64. The molecule has 1 atom stereocenters. The molecule has 0 aromatic heterocycles. The average Bonchev–Trinajstić information content (AvgIpc) is 2.23. The van der Waals surface area contributed by atoms with Crippen molar-refractivity contribution in [3.63, 3.8) is 0 Å². The molecule has 16 heavy (non-hydrogen) atoms. The number of hydrogen-bond acceptors (Lipinski definition) is 4. The van der Waals surface area contributed by atoms with Crippen LogP contribution in [0.15, 0.2) is 23.1 Å². The second-order valence-corrected chi connectivity index (χ2v) is 5.23. The van der Waals surface area contributed by atoms with Crippen LogP contribution in [-0.2, 0) is 4.79 Å². The number of thioether (sulfide) groups is 1. The fraction of sp³-hybridized carbons (Fsp3) is 0.364. The molecule has 0 aliphatic rings.